The molecule has 0 bridgehead atoms. The van der Waals surface area contributed by atoms with Crippen LogP contribution < -0.4 is 10.2 Å². The molecule has 1 aliphatic rings. The molecule has 8 heteroatoms. The average Bonchev–Trinajstić information content (AvgIpc) is 3.12. The SMILES string of the molecule is COc1ccc(CCN2C(=O)c3oc4ccc(F)cc4c(=O)c3C2c2ccc(Cl)c(Cl)c2)cc1. The first-order chi connectivity index (χ1) is 16.4. The molecule has 1 unspecified atom stereocenters. The Morgan fingerprint density at radius 1 is 1.00 bits per heavy atom. The largest absolute Gasteiger partial charge is 0.497 e. The quantitative estimate of drug-likeness (QED) is 0.337. The highest BCUT2D eigenvalue weighted by Crippen LogP contribution is 2.40. The lowest BCUT2D eigenvalue weighted by Crippen LogP contribution is -2.31. The molecule has 0 N–H and O–H groups in total. The van der Waals surface area contributed by atoms with Gasteiger partial charge in [0, 0.05) is 6.54 Å². The van der Waals surface area contributed by atoms with Gasteiger partial charge in [-0.2, -0.15) is 0 Å². The molecule has 2 heterocycles. The second kappa shape index (κ2) is 8.78. The van der Waals surface area contributed by atoms with Gasteiger partial charge in [0.05, 0.1) is 34.1 Å². The number of fused-ring (bicyclic) bond motifs is 2. The average molecular weight is 498 g/mol. The number of amides is 1. The Labute approximate surface area is 204 Å². The van der Waals surface area contributed by atoms with E-state index in [1.807, 2.05) is 24.3 Å². The van der Waals surface area contributed by atoms with Crippen LogP contribution in [0.4, 0.5) is 4.39 Å². The number of hydrogen-bond donors (Lipinski definition) is 0. The number of methoxy groups -OCH3 is 1. The van der Waals surface area contributed by atoms with Crippen molar-refractivity contribution in [2.24, 2.45) is 0 Å². The zero-order valence-corrected chi connectivity index (χ0v) is 19.5. The van der Waals surface area contributed by atoms with E-state index >= 15 is 0 Å². The molecule has 5 rings (SSSR count). The summed E-state index contributed by atoms with van der Waals surface area (Å²) < 4.78 is 24.9. The Morgan fingerprint density at radius 3 is 2.47 bits per heavy atom. The van der Waals surface area contributed by atoms with Crippen molar-refractivity contribution in [1.82, 2.24) is 4.90 Å². The van der Waals surface area contributed by atoms with E-state index in [1.54, 1.807) is 30.2 Å². The fraction of sp³-hybridized carbons (Fsp3) is 0.154. The van der Waals surface area contributed by atoms with Crippen molar-refractivity contribution < 1.29 is 18.3 Å². The summed E-state index contributed by atoms with van der Waals surface area (Å²) in [4.78, 5) is 28.5. The molecule has 3 aromatic carbocycles. The molecule has 0 fully saturated rings. The lowest BCUT2D eigenvalue weighted by atomic mass is 9.98. The summed E-state index contributed by atoms with van der Waals surface area (Å²) in [5.74, 6) is -0.292. The maximum Gasteiger partial charge on any atom is 0.290 e. The normalized spacial score (nSPS) is 15.1. The van der Waals surface area contributed by atoms with Gasteiger partial charge in [0.1, 0.15) is 17.1 Å². The van der Waals surface area contributed by atoms with Gasteiger partial charge >= 0.3 is 0 Å². The lowest BCUT2D eigenvalue weighted by Gasteiger charge is -2.25. The summed E-state index contributed by atoms with van der Waals surface area (Å²) in [6, 6.07) is 15.4. The van der Waals surface area contributed by atoms with Crippen LogP contribution in [0.15, 0.2) is 69.9 Å². The summed E-state index contributed by atoms with van der Waals surface area (Å²) in [5.41, 5.74) is 1.47. The molecule has 1 amide bonds. The van der Waals surface area contributed by atoms with Crippen LogP contribution >= 0.6 is 23.2 Å². The maximum atomic E-state index is 13.9. The third kappa shape index (κ3) is 3.83. The van der Waals surface area contributed by atoms with Gasteiger partial charge in [-0.3, -0.25) is 9.59 Å². The Balaban J connectivity index is 1.62. The monoisotopic (exact) mass is 497 g/mol. The summed E-state index contributed by atoms with van der Waals surface area (Å²) >= 11 is 12.4. The molecule has 172 valence electrons. The van der Waals surface area contributed by atoms with Gasteiger partial charge in [-0.15, -0.1) is 0 Å². The molecule has 4 aromatic rings. The highest BCUT2D eigenvalue weighted by atomic mass is 35.5. The molecule has 0 saturated heterocycles. The maximum absolute atomic E-state index is 13.9. The van der Waals surface area contributed by atoms with E-state index < -0.39 is 23.2 Å². The van der Waals surface area contributed by atoms with Crippen LogP contribution in [-0.4, -0.2) is 24.5 Å². The third-order valence-electron chi connectivity index (χ3n) is 5.99. The molecule has 0 radical (unpaired) electrons. The van der Waals surface area contributed by atoms with E-state index in [-0.39, 0.29) is 22.3 Å². The van der Waals surface area contributed by atoms with Crippen molar-refractivity contribution in [3.63, 3.8) is 0 Å². The standard InChI is InChI=1S/C26H18Cl2FNO4/c1-33-17-6-2-14(3-7-17)10-11-30-23(15-4-8-19(27)20(28)12-15)22-24(31)18-13-16(29)5-9-21(18)34-25(22)26(30)32/h2-9,12-13,23H,10-11H2,1H3. The van der Waals surface area contributed by atoms with E-state index in [0.717, 1.165) is 17.4 Å². The number of carbonyl (C=O) groups is 1. The highest BCUT2D eigenvalue weighted by molar-refractivity contribution is 6.42. The van der Waals surface area contributed by atoms with Crippen molar-refractivity contribution in [3.8, 4) is 5.75 Å². The predicted molar refractivity (Wildman–Crippen MR) is 128 cm³/mol. The minimum Gasteiger partial charge on any atom is -0.497 e. The van der Waals surface area contributed by atoms with Gasteiger partial charge in [0.15, 0.2) is 5.43 Å². The molecule has 1 atom stereocenters. The number of benzene rings is 3. The van der Waals surface area contributed by atoms with E-state index in [2.05, 4.69) is 0 Å². The van der Waals surface area contributed by atoms with Crippen molar-refractivity contribution >= 4 is 40.1 Å². The number of rotatable bonds is 5. The topological polar surface area (TPSA) is 59.8 Å². The van der Waals surface area contributed by atoms with Crippen LogP contribution in [0.5, 0.6) is 5.75 Å². The van der Waals surface area contributed by atoms with E-state index in [4.69, 9.17) is 32.4 Å². The van der Waals surface area contributed by atoms with E-state index in [9.17, 15) is 14.0 Å². The smallest absolute Gasteiger partial charge is 0.290 e. The molecule has 0 aliphatic carbocycles. The molecule has 0 saturated carbocycles. The Bertz CT molecular complexity index is 1480. The fourth-order valence-corrected chi connectivity index (χ4v) is 4.60. The predicted octanol–water partition coefficient (Wildman–Crippen LogP) is 6.04. The number of carbonyl (C=O) groups excluding carboxylic acids is 1. The van der Waals surface area contributed by atoms with Gasteiger partial charge in [-0.25, -0.2) is 4.39 Å². The molecule has 5 nitrogen and oxygen atoms in total. The number of nitrogens with zero attached hydrogens (tertiary/aromatic N) is 1. The van der Waals surface area contributed by atoms with E-state index in [1.165, 1.54) is 12.1 Å². The Kier molecular flexibility index (Phi) is 5.80. The van der Waals surface area contributed by atoms with Crippen molar-refractivity contribution in [3.05, 3.63) is 109 Å². The van der Waals surface area contributed by atoms with Gasteiger partial charge in [-0.1, -0.05) is 41.4 Å². The van der Waals surface area contributed by atoms with Gasteiger partial charge in [0.2, 0.25) is 5.76 Å². The second-order valence-electron chi connectivity index (χ2n) is 7.99. The summed E-state index contributed by atoms with van der Waals surface area (Å²) in [5, 5.41) is 0.729. The summed E-state index contributed by atoms with van der Waals surface area (Å²) in [7, 11) is 1.59. The van der Waals surface area contributed by atoms with Crippen LogP contribution in [0.1, 0.15) is 33.3 Å². The Morgan fingerprint density at radius 2 is 1.76 bits per heavy atom. The van der Waals surface area contributed by atoms with Crippen molar-refractivity contribution in [2.75, 3.05) is 13.7 Å². The van der Waals surface area contributed by atoms with Gasteiger partial charge in [0.25, 0.3) is 5.91 Å². The Hall–Kier alpha value is -3.35. The number of ether oxygens (including phenoxy) is 1. The van der Waals surface area contributed by atoms with Crippen molar-refractivity contribution in [1.29, 1.82) is 0 Å². The zero-order chi connectivity index (χ0) is 24.0. The van der Waals surface area contributed by atoms with Gasteiger partial charge in [-0.05, 0) is 60.0 Å². The highest BCUT2D eigenvalue weighted by Gasteiger charge is 2.42. The summed E-state index contributed by atoms with van der Waals surface area (Å²) in [6.07, 6.45) is 0.532. The van der Waals surface area contributed by atoms with Crippen LogP contribution in [0.3, 0.4) is 0 Å². The van der Waals surface area contributed by atoms with Crippen LogP contribution in [0, 0.1) is 5.82 Å². The molecular formula is C26H18Cl2FNO4. The molecule has 1 aromatic heterocycles. The fourth-order valence-electron chi connectivity index (χ4n) is 4.29. The first kappa shape index (κ1) is 22.4. The third-order valence-corrected chi connectivity index (χ3v) is 6.73. The van der Waals surface area contributed by atoms with Crippen LogP contribution in [0.2, 0.25) is 10.0 Å². The molecule has 1 aliphatic heterocycles. The molecular weight excluding hydrogens is 480 g/mol. The van der Waals surface area contributed by atoms with Crippen LogP contribution in [0.25, 0.3) is 11.0 Å². The molecule has 0 spiro atoms. The lowest BCUT2D eigenvalue weighted by molar-refractivity contribution is 0.0730. The van der Waals surface area contributed by atoms with Crippen LogP contribution in [-0.2, 0) is 6.42 Å². The van der Waals surface area contributed by atoms with Gasteiger partial charge < -0.3 is 14.1 Å². The van der Waals surface area contributed by atoms with E-state index in [0.29, 0.717) is 28.6 Å². The minimum absolute atomic E-state index is 0.0464. The first-order valence-corrected chi connectivity index (χ1v) is 11.3. The summed E-state index contributed by atoms with van der Waals surface area (Å²) in [6.45, 7) is 0.310. The van der Waals surface area contributed by atoms with Crippen molar-refractivity contribution in [2.45, 2.75) is 12.5 Å². The zero-order valence-electron chi connectivity index (χ0n) is 18.0. The number of halogens is 3. The minimum atomic E-state index is -0.751. The first-order valence-electron chi connectivity index (χ1n) is 10.5. The second-order valence-corrected chi connectivity index (χ2v) is 8.80. The molecule has 34 heavy (non-hydrogen) atoms. The number of hydrogen-bond acceptors (Lipinski definition) is 4.